The van der Waals surface area contributed by atoms with Crippen molar-refractivity contribution in [1.29, 1.82) is 0 Å². The Hall–Kier alpha value is -3.14. The van der Waals surface area contributed by atoms with Crippen LogP contribution >= 0.6 is 0 Å². The number of hydrogen-bond acceptors (Lipinski definition) is 5. The molecule has 0 unspecified atom stereocenters. The van der Waals surface area contributed by atoms with Crippen LogP contribution in [0.3, 0.4) is 0 Å². The zero-order valence-corrected chi connectivity index (χ0v) is 17.6. The lowest BCUT2D eigenvalue weighted by Gasteiger charge is -2.19. The number of amides is 1. The van der Waals surface area contributed by atoms with Crippen LogP contribution < -0.4 is 15.2 Å². The van der Waals surface area contributed by atoms with E-state index in [1.807, 2.05) is 18.2 Å². The Morgan fingerprint density at radius 2 is 2.03 bits per heavy atom. The van der Waals surface area contributed by atoms with E-state index in [4.69, 9.17) is 0 Å². The van der Waals surface area contributed by atoms with Crippen molar-refractivity contribution >= 4 is 27.3 Å². The Kier molecular flexibility index (Phi) is 5.10. The Morgan fingerprint density at radius 1 is 1.27 bits per heavy atom. The van der Waals surface area contributed by atoms with E-state index in [0.29, 0.717) is 29.9 Å². The largest absolute Gasteiger partial charge is 0.355 e. The van der Waals surface area contributed by atoms with Gasteiger partial charge >= 0.3 is 0 Å². The second-order valence-corrected chi connectivity index (χ2v) is 9.38. The molecule has 0 fully saturated rings. The minimum Gasteiger partial charge on any atom is -0.355 e. The molecule has 1 aromatic carbocycles. The highest BCUT2D eigenvalue weighted by Crippen LogP contribution is 2.29. The summed E-state index contributed by atoms with van der Waals surface area (Å²) in [5.74, 6) is -0.471. The van der Waals surface area contributed by atoms with Crippen molar-refractivity contribution in [3.8, 4) is 0 Å². The molecule has 1 amide bonds. The van der Waals surface area contributed by atoms with E-state index in [-0.39, 0.29) is 30.2 Å². The average Bonchev–Trinajstić information content (AvgIpc) is 3.28. The van der Waals surface area contributed by atoms with Crippen LogP contribution in [0.2, 0.25) is 0 Å². The Bertz CT molecular complexity index is 1290. The van der Waals surface area contributed by atoms with Crippen molar-refractivity contribution in [3.63, 3.8) is 0 Å². The number of nitrogens with zero attached hydrogens (tertiary/aromatic N) is 3. The lowest BCUT2D eigenvalue weighted by Crippen LogP contribution is -2.37. The summed E-state index contributed by atoms with van der Waals surface area (Å²) in [6, 6.07) is 8.85. The van der Waals surface area contributed by atoms with Gasteiger partial charge < -0.3 is 5.32 Å². The summed E-state index contributed by atoms with van der Waals surface area (Å²) >= 11 is 0. The number of H-pyrrole nitrogens is 1. The van der Waals surface area contributed by atoms with E-state index in [2.05, 4.69) is 15.4 Å². The van der Waals surface area contributed by atoms with E-state index in [0.717, 1.165) is 16.9 Å². The molecule has 3 aromatic rings. The molecule has 1 aliphatic rings. The van der Waals surface area contributed by atoms with Crippen LogP contribution in [0.4, 0.5) is 5.69 Å². The quantitative estimate of drug-likeness (QED) is 0.598. The van der Waals surface area contributed by atoms with Crippen LogP contribution in [0.15, 0.2) is 35.1 Å². The van der Waals surface area contributed by atoms with Crippen molar-refractivity contribution in [3.05, 3.63) is 63.2 Å². The number of carbonyl (C=O) groups is 1. The third-order valence-electron chi connectivity index (χ3n) is 5.40. The molecule has 4 rings (SSSR count). The lowest BCUT2D eigenvalue weighted by atomic mass is 10.1. The molecule has 0 bridgehead atoms. The summed E-state index contributed by atoms with van der Waals surface area (Å²) in [6.07, 6.45) is 0.741. The van der Waals surface area contributed by atoms with Gasteiger partial charge in [-0.25, -0.2) is 17.9 Å². The number of sulfonamides is 1. The van der Waals surface area contributed by atoms with Crippen LogP contribution in [0.1, 0.15) is 22.5 Å². The molecule has 30 heavy (non-hydrogen) atoms. The molecule has 0 spiro atoms. The highest BCUT2D eigenvalue weighted by Gasteiger charge is 2.28. The van der Waals surface area contributed by atoms with Gasteiger partial charge in [-0.1, -0.05) is 18.2 Å². The van der Waals surface area contributed by atoms with Gasteiger partial charge in [-0.05, 0) is 31.9 Å². The zero-order chi connectivity index (χ0) is 21.5. The first-order valence-corrected chi connectivity index (χ1v) is 11.3. The van der Waals surface area contributed by atoms with Crippen LogP contribution in [0.25, 0.3) is 5.65 Å². The first-order chi connectivity index (χ1) is 14.3. The molecule has 2 N–H and O–H groups in total. The number of benzene rings is 1. The number of rotatable bonds is 6. The first kappa shape index (κ1) is 20.1. The average molecular weight is 430 g/mol. The summed E-state index contributed by atoms with van der Waals surface area (Å²) in [6.45, 7) is 4.03. The fourth-order valence-electron chi connectivity index (χ4n) is 3.86. The molecular weight excluding hydrogens is 406 g/mol. The SMILES string of the molecule is Cc1nc2cc(=O)[nH]n2c(C)c1CC(=O)NCCS(=O)(=O)N1CCc2ccccc21. The molecule has 9 nitrogen and oxygen atoms in total. The topological polar surface area (TPSA) is 117 Å². The van der Waals surface area contributed by atoms with E-state index < -0.39 is 10.0 Å². The van der Waals surface area contributed by atoms with Gasteiger partial charge in [0.15, 0.2) is 5.65 Å². The molecule has 3 heterocycles. The van der Waals surface area contributed by atoms with E-state index in [1.165, 1.54) is 10.4 Å². The Labute approximate surface area is 173 Å². The minimum atomic E-state index is -3.52. The van der Waals surface area contributed by atoms with Crippen molar-refractivity contribution < 1.29 is 13.2 Å². The lowest BCUT2D eigenvalue weighted by molar-refractivity contribution is -0.120. The van der Waals surface area contributed by atoms with Gasteiger partial charge in [-0.3, -0.25) is 19.0 Å². The fraction of sp³-hybridized carbons (Fsp3) is 0.350. The molecule has 0 radical (unpaired) electrons. The number of hydrogen-bond donors (Lipinski definition) is 2. The third kappa shape index (κ3) is 3.70. The number of carbonyl (C=O) groups excluding carboxylic acids is 1. The fourth-order valence-corrected chi connectivity index (χ4v) is 5.29. The number of anilines is 1. The first-order valence-electron chi connectivity index (χ1n) is 9.69. The standard InChI is InChI=1S/C20H23N5O4S/c1-13-16(14(2)25-18(22-13)12-20(27)23-25)11-19(26)21-8-10-30(28,29)24-9-7-15-5-3-4-6-17(15)24/h3-6,12H,7-11H2,1-2H3,(H,21,26)(H,23,27). The minimum absolute atomic E-state index is 0.0218. The van der Waals surface area contributed by atoms with Crippen molar-refractivity contribution in [2.24, 2.45) is 0 Å². The van der Waals surface area contributed by atoms with Crippen LogP contribution in [0, 0.1) is 13.8 Å². The number of aromatic amines is 1. The second-order valence-electron chi connectivity index (χ2n) is 7.37. The number of aromatic nitrogens is 3. The van der Waals surface area contributed by atoms with Crippen molar-refractivity contribution in [2.45, 2.75) is 26.7 Å². The Morgan fingerprint density at radius 3 is 2.83 bits per heavy atom. The molecule has 0 aliphatic carbocycles. The molecule has 0 saturated heterocycles. The molecule has 0 saturated carbocycles. The summed E-state index contributed by atoms with van der Waals surface area (Å²) < 4.78 is 28.4. The van der Waals surface area contributed by atoms with E-state index in [9.17, 15) is 18.0 Å². The normalized spacial score (nSPS) is 13.6. The summed E-state index contributed by atoms with van der Waals surface area (Å²) in [5, 5.41) is 5.34. The number of fused-ring (bicyclic) bond motifs is 2. The van der Waals surface area contributed by atoms with Gasteiger partial charge in [-0.15, -0.1) is 0 Å². The predicted octanol–water partition coefficient (Wildman–Crippen LogP) is 0.691. The molecule has 158 valence electrons. The third-order valence-corrected chi connectivity index (χ3v) is 7.17. The van der Waals surface area contributed by atoms with Crippen molar-refractivity contribution in [2.75, 3.05) is 23.1 Å². The Balaban J connectivity index is 1.40. The molecule has 10 heteroatoms. The van der Waals surface area contributed by atoms with Gasteiger partial charge in [0.25, 0.3) is 5.56 Å². The molecule has 1 aliphatic heterocycles. The van der Waals surface area contributed by atoms with Gasteiger partial charge in [-0.2, -0.15) is 0 Å². The summed E-state index contributed by atoms with van der Waals surface area (Å²) in [5.41, 5.74) is 4.04. The van der Waals surface area contributed by atoms with Crippen LogP contribution in [0.5, 0.6) is 0 Å². The maximum absolute atomic E-state index is 12.7. The van der Waals surface area contributed by atoms with Crippen LogP contribution in [-0.4, -0.2) is 47.8 Å². The maximum atomic E-state index is 12.7. The van der Waals surface area contributed by atoms with Gasteiger partial charge in [0.1, 0.15) is 0 Å². The van der Waals surface area contributed by atoms with E-state index >= 15 is 0 Å². The highest BCUT2D eigenvalue weighted by atomic mass is 32.2. The van der Waals surface area contributed by atoms with Gasteiger partial charge in [0.05, 0.1) is 17.9 Å². The van der Waals surface area contributed by atoms with Gasteiger partial charge in [0, 0.05) is 36.1 Å². The molecule has 2 aromatic heterocycles. The summed E-state index contributed by atoms with van der Waals surface area (Å²) in [4.78, 5) is 28.3. The maximum Gasteiger partial charge on any atom is 0.266 e. The van der Waals surface area contributed by atoms with Crippen LogP contribution in [-0.2, 0) is 27.7 Å². The molecule has 0 atom stereocenters. The number of nitrogens with one attached hydrogen (secondary N) is 2. The number of para-hydroxylation sites is 1. The zero-order valence-electron chi connectivity index (χ0n) is 16.8. The number of aryl methyl sites for hydroxylation is 2. The smallest absolute Gasteiger partial charge is 0.266 e. The predicted molar refractivity (Wildman–Crippen MR) is 113 cm³/mol. The second kappa shape index (κ2) is 7.60. The highest BCUT2D eigenvalue weighted by molar-refractivity contribution is 7.92. The summed E-state index contributed by atoms with van der Waals surface area (Å²) in [7, 11) is -3.52. The van der Waals surface area contributed by atoms with Gasteiger partial charge in [0.2, 0.25) is 15.9 Å². The molecular formula is C20H23N5O4S. The van der Waals surface area contributed by atoms with Crippen molar-refractivity contribution in [1.82, 2.24) is 19.9 Å². The monoisotopic (exact) mass is 429 g/mol. The van der Waals surface area contributed by atoms with E-state index in [1.54, 1.807) is 24.4 Å².